The highest BCUT2D eigenvalue weighted by molar-refractivity contribution is 7.89. The summed E-state index contributed by atoms with van der Waals surface area (Å²) in [4.78, 5) is 4.98. The molecule has 0 aliphatic carbocycles. The Kier molecular flexibility index (Phi) is 4.74. The topological polar surface area (TPSA) is 61.8 Å². The number of rotatable bonds is 4. The highest BCUT2D eigenvalue weighted by Gasteiger charge is 2.35. The molecular formula is C21H23N3O2S. The van der Waals surface area contributed by atoms with Crippen LogP contribution in [0.15, 0.2) is 70.3 Å². The van der Waals surface area contributed by atoms with Crippen molar-refractivity contribution in [2.24, 2.45) is 11.0 Å². The molecule has 0 unspecified atom stereocenters. The predicted molar refractivity (Wildman–Crippen MR) is 108 cm³/mol. The highest BCUT2D eigenvalue weighted by Crippen LogP contribution is 2.33. The number of hydrogen-bond acceptors (Lipinski definition) is 4. The molecule has 2 aromatic carbocycles. The normalized spacial score (nSPS) is 20.4. The van der Waals surface area contributed by atoms with E-state index in [0.717, 1.165) is 48.5 Å². The zero-order chi connectivity index (χ0) is 18.9. The van der Waals surface area contributed by atoms with Gasteiger partial charge in [0, 0.05) is 19.0 Å². The molecule has 2 aromatic rings. The van der Waals surface area contributed by atoms with Crippen molar-refractivity contribution >= 4 is 21.8 Å². The van der Waals surface area contributed by atoms with Crippen molar-refractivity contribution in [3.8, 4) is 0 Å². The molecule has 0 saturated carbocycles. The Morgan fingerprint density at radius 1 is 1.04 bits per heavy atom. The van der Waals surface area contributed by atoms with E-state index in [0.29, 0.717) is 5.92 Å². The average molecular weight is 382 g/mol. The summed E-state index contributed by atoms with van der Waals surface area (Å²) >= 11 is 0. The summed E-state index contributed by atoms with van der Waals surface area (Å²) in [6.07, 6.45) is 4.12. The summed E-state index contributed by atoms with van der Waals surface area (Å²) in [5, 5.41) is 4.38. The molecule has 0 amide bonds. The molecular weight excluding hydrogens is 358 g/mol. The molecule has 0 aromatic heterocycles. The van der Waals surface area contributed by atoms with E-state index in [-0.39, 0.29) is 4.90 Å². The SMILES string of the molecule is Cc1ccc(S(=O)(=O)N/N=C2/C(=C/c3ccccc3)N3CCC2CC3)cc1. The van der Waals surface area contributed by atoms with Crippen LogP contribution in [0.4, 0.5) is 0 Å². The second-order valence-corrected chi connectivity index (χ2v) is 8.77. The van der Waals surface area contributed by atoms with Gasteiger partial charge in [0.05, 0.1) is 16.3 Å². The van der Waals surface area contributed by atoms with Crippen molar-refractivity contribution in [1.82, 2.24) is 9.73 Å². The van der Waals surface area contributed by atoms with Crippen molar-refractivity contribution in [2.75, 3.05) is 13.1 Å². The van der Waals surface area contributed by atoms with Gasteiger partial charge in [-0.3, -0.25) is 0 Å². The molecule has 3 heterocycles. The first-order chi connectivity index (χ1) is 13.0. The van der Waals surface area contributed by atoms with Crippen LogP contribution in [0.3, 0.4) is 0 Å². The Labute approximate surface area is 160 Å². The molecule has 140 valence electrons. The molecule has 1 N–H and O–H groups in total. The van der Waals surface area contributed by atoms with E-state index >= 15 is 0 Å². The van der Waals surface area contributed by atoms with E-state index in [9.17, 15) is 8.42 Å². The molecule has 3 saturated heterocycles. The number of fused-ring (bicyclic) bond motifs is 3. The Bertz CT molecular complexity index is 972. The monoisotopic (exact) mass is 381 g/mol. The molecule has 0 spiro atoms. The van der Waals surface area contributed by atoms with Gasteiger partial charge in [-0.25, -0.2) is 0 Å². The fourth-order valence-electron chi connectivity index (χ4n) is 3.67. The van der Waals surface area contributed by atoms with Crippen molar-refractivity contribution in [3.63, 3.8) is 0 Å². The molecule has 3 aliphatic heterocycles. The fraction of sp³-hybridized carbons (Fsp3) is 0.286. The van der Waals surface area contributed by atoms with E-state index in [1.165, 1.54) is 0 Å². The largest absolute Gasteiger partial charge is 0.370 e. The van der Waals surface area contributed by atoms with Gasteiger partial charge in [0.25, 0.3) is 10.0 Å². The molecule has 27 heavy (non-hydrogen) atoms. The Morgan fingerprint density at radius 3 is 2.37 bits per heavy atom. The number of piperidine rings is 3. The molecule has 0 radical (unpaired) electrons. The van der Waals surface area contributed by atoms with Gasteiger partial charge in [-0.15, -0.1) is 0 Å². The van der Waals surface area contributed by atoms with Crippen molar-refractivity contribution in [1.29, 1.82) is 0 Å². The van der Waals surface area contributed by atoms with Crippen molar-refractivity contribution in [2.45, 2.75) is 24.7 Å². The van der Waals surface area contributed by atoms with Crippen LogP contribution < -0.4 is 4.83 Å². The maximum atomic E-state index is 12.6. The minimum absolute atomic E-state index is 0.229. The van der Waals surface area contributed by atoms with Crippen LogP contribution in [0.25, 0.3) is 6.08 Å². The number of benzene rings is 2. The van der Waals surface area contributed by atoms with Gasteiger partial charge in [-0.05, 0) is 43.5 Å². The number of aryl methyl sites for hydroxylation is 1. The molecule has 6 heteroatoms. The van der Waals surface area contributed by atoms with Crippen LogP contribution in [-0.4, -0.2) is 32.1 Å². The number of nitrogens with zero attached hydrogens (tertiary/aromatic N) is 2. The quantitative estimate of drug-likeness (QED) is 0.826. The first-order valence-electron chi connectivity index (χ1n) is 9.21. The maximum Gasteiger partial charge on any atom is 0.276 e. The zero-order valence-electron chi connectivity index (χ0n) is 15.3. The lowest BCUT2D eigenvalue weighted by Crippen LogP contribution is -2.46. The van der Waals surface area contributed by atoms with Crippen molar-refractivity contribution < 1.29 is 8.42 Å². The van der Waals surface area contributed by atoms with Crippen LogP contribution in [0.2, 0.25) is 0 Å². The van der Waals surface area contributed by atoms with E-state index in [1.807, 2.05) is 37.3 Å². The fourth-order valence-corrected chi connectivity index (χ4v) is 4.48. The van der Waals surface area contributed by atoms with Gasteiger partial charge in [0.1, 0.15) is 0 Å². The van der Waals surface area contributed by atoms with Gasteiger partial charge < -0.3 is 4.90 Å². The summed E-state index contributed by atoms with van der Waals surface area (Å²) in [6.45, 7) is 3.91. The predicted octanol–water partition coefficient (Wildman–Crippen LogP) is 3.40. The minimum Gasteiger partial charge on any atom is -0.370 e. The van der Waals surface area contributed by atoms with Crippen LogP contribution in [-0.2, 0) is 10.0 Å². The smallest absolute Gasteiger partial charge is 0.276 e. The van der Waals surface area contributed by atoms with Gasteiger partial charge in [-0.1, -0.05) is 48.0 Å². The summed E-state index contributed by atoms with van der Waals surface area (Å²) in [6, 6.07) is 16.9. The van der Waals surface area contributed by atoms with Crippen LogP contribution in [0, 0.1) is 12.8 Å². The molecule has 5 rings (SSSR count). The number of nitrogens with one attached hydrogen (secondary N) is 1. The number of allylic oxidation sites excluding steroid dienone is 1. The summed E-state index contributed by atoms with van der Waals surface area (Å²) in [5.41, 5.74) is 3.97. The third-order valence-corrected chi connectivity index (χ3v) is 6.43. The Morgan fingerprint density at radius 2 is 1.70 bits per heavy atom. The second-order valence-electron chi connectivity index (χ2n) is 7.11. The first-order valence-corrected chi connectivity index (χ1v) is 10.7. The molecule has 2 bridgehead atoms. The molecule has 5 nitrogen and oxygen atoms in total. The van der Waals surface area contributed by atoms with Gasteiger partial charge in [0.2, 0.25) is 0 Å². The number of hydrogen-bond donors (Lipinski definition) is 1. The van der Waals surface area contributed by atoms with E-state index in [2.05, 4.69) is 20.9 Å². The maximum absolute atomic E-state index is 12.6. The first kappa shape index (κ1) is 17.8. The average Bonchev–Trinajstić information content (AvgIpc) is 2.69. The standard InChI is InChI=1S/C21H23N3O2S/c1-16-7-9-19(10-8-16)27(25,26)23-22-21-18-11-13-24(14-12-18)20(21)15-17-5-3-2-4-6-17/h2-10,15,18,23H,11-14H2,1H3/b20-15-,22-21+. The van der Waals surface area contributed by atoms with Crippen LogP contribution >= 0.6 is 0 Å². The Balaban J connectivity index is 1.65. The van der Waals surface area contributed by atoms with Crippen molar-refractivity contribution in [3.05, 3.63) is 71.4 Å². The van der Waals surface area contributed by atoms with Crippen LogP contribution in [0.1, 0.15) is 24.0 Å². The van der Waals surface area contributed by atoms with Gasteiger partial charge in [-0.2, -0.15) is 18.4 Å². The molecule has 3 fully saturated rings. The Hall–Kier alpha value is -2.60. The molecule has 0 atom stereocenters. The third kappa shape index (κ3) is 3.76. The number of sulfonamides is 1. The summed E-state index contributed by atoms with van der Waals surface area (Å²) in [7, 11) is -3.67. The van der Waals surface area contributed by atoms with E-state index in [4.69, 9.17) is 0 Å². The lowest BCUT2D eigenvalue weighted by atomic mass is 9.83. The van der Waals surface area contributed by atoms with Gasteiger partial charge in [0.15, 0.2) is 0 Å². The minimum atomic E-state index is -3.67. The summed E-state index contributed by atoms with van der Waals surface area (Å²) < 4.78 is 25.2. The lowest BCUT2D eigenvalue weighted by Gasteiger charge is -2.43. The van der Waals surface area contributed by atoms with Gasteiger partial charge >= 0.3 is 0 Å². The van der Waals surface area contributed by atoms with E-state index in [1.54, 1.807) is 24.3 Å². The highest BCUT2D eigenvalue weighted by atomic mass is 32.2. The van der Waals surface area contributed by atoms with Crippen LogP contribution in [0.5, 0.6) is 0 Å². The number of hydrazone groups is 1. The summed E-state index contributed by atoms with van der Waals surface area (Å²) in [5.74, 6) is 0.297. The lowest BCUT2D eigenvalue weighted by molar-refractivity contribution is 0.242. The zero-order valence-corrected chi connectivity index (χ0v) is 16.1. The second kappa shape index (κ2) is 7.19. The molecule has 3 aliphatic rings. The third-order valence-electron chi connectivity index (χ3n) is 5.21. The van der Waals surface area contributed by atoms with E-state index < -0.39 is 10.0 Å².